The van der Waals surface area contributed by atoms with Crippen LogP contribution in [0, 0.1) is 28.6 Å². The summed E-state index contributed by atoms with van der Waals surface area (Å²) >= 11 is 3.31. The van der Waals surface area contributed by atoms with Crippen molar-refractivity contribution in [3.63, 3.8) is 0 Å². The van der Waals surface area contributed by atoms with Crippen molar-refractivity contribution in [1.82, 2.24) is 0 Å². The monoisotopic (exact) mass is 212 g/mol. The molecule has 0 bridgehead atoms. The zero-order chi connectivity index (χ0) is 8.85. The van der Waals surface area contributed by atoms with Gasteiger partial charge in [-0.3, -0.25) is 0 Å². The van der Waals surface area contributed by atoms with Gasteiger partial charge in [0.1, 0.15) is 0 Å². The molecule has 0 aromatic carbocycles. The van der Waals surface area contributed by atoms with E-state index in [2.05, 4.69) is 15.9 Å². The van der Waals surface area contributed by atoms with Gasteiger partial charge in [0.25, 0.3) is 0 Å². The number of hydrogen-bond donors (Lipinski definition) is 0. The van der Waals surface area contributed by atoms with E-state index in [4.69, 9.17) is 10.5 Å². The van der Waals surface area contributed by atoms with Crippen LogP contribution in [0.25, 0.3) is 0 Å². The quantitative estimate of drug-likeness (QED) is 0.522. The first-order valence-corrected chi connectivity index (χ1v) is 4.18. The Bertz CT molecular complexity index is 215. The summed E-state index contributed by atoms with van der Waals surface area (Å²) in [6.45, 7) is 3.73. The molecule has 58 valence electrons. The summed E-state index contributed by atoms with van der Waals surface area (Å²) in [5, 5.41) is 17.1. The molecule has 11 heavy (non-hydrogen) atoms. The first kappa shape index (κ1) is 10.2. The molecule has 0 fully saturated rings. The molecular formula is C8H9BrN2. The van der Waals surface area contributed by atoms with Gasteiger partial charge in [0.15, 0.2) is 5.92 Å². The molecule has 0 N–H and O–H groups in total. The standard InChI is InChI=1S/C8H9BrN2/c1-3-8(6(2)9)7(4-10)5-11/h3,6-7H,1-2H3/b8-3+. The summed E-state index contributed by atoms with van der Waals surface area (Å²) in [4.78, 5) is 0.0943. The average Bonchev–Trinajstić information content (AvgIpc) is 1.99. The van der Waals surface area contributed by atoms with E-state index in [-0.39, 0.29) is 4.83 Å². The molecule has 0 aliphatic rings. The van der Waals surface area contributed by atoms with Crippen molar-refractivity contribution in [3.05, 3.63) is 11.6 Å². The Labute approximate surface area is 75.3 Å². The summed E-state index contributed by atoms with van der Waals surface area (Å²) in [6.07, 6.45) is 1.80. The van der Waals surface area contributed by atoms with Crippen molar-refractivity contribution in [2.45, 2.75) is 18.7 Å². The topological polar surface area (TPSA) is 47.6 Å². The van der Waals surface area contributed by atoms with E-state index in [1.165, 1.54) is 0 Å². The van der Waals surface area contributed by atoms with Crippen LogP contribution in [-0.4, -0.2) is 4.83 Å². The number of alkyl halides is 1. The summed E-state index contributed by atoms with van der Waals surface area (Å²) < 4.78 is 0. The highest BCUT2D eigenvalue weighted by molar-refractivity contribution is 9.09. The third kappa shape index (κ3) is 2.74. The summed E-state index contributed by atoms with van der Waals surface area (Å²) in [5.74, 6) is -0.616. The molecule has 0 aromatic rings. The van der Waals surface area contributed by atoms with E-state index in [1.807, 2.05) is 26.0 Å². The van der Waals surface area contributed by atoms with E-state index in [1.54, 1.807) is 6.08 Å². The Morgan fingerprint density at radius 1 is 1.45 bits per heavy atom. The maximum Gasteiger partial charge on any atom is 0.155 e. The van der Waals surface area contributed by atoms with Crippen molar-refractivity contribution < 1.29 is 0 Å². The van der Waals surface area contributed by atoms with Gasteiger partial charge in [0.05, 0.1) is 12.1 Å². The van der Waals surface area contributed by atoms with Gasteiger partial charge in [-0.15, -0.1) is 0 Å². The lowest BCUT2D eigenvalue weighted by molar-refractivity contribution is 0.925. The Morgan fingerprint density at radius 2 is 1.91 bits per heavy atom. The van der Waals surface area contributed by atoms with Crippen LogP contribution in [0.4, 0.5) is 0 Å². The highest BCUT2D eigenvalue weighted by atomic mass is 79.9. The third-order valence-corrected chi connectivity index (χ3v) is 1.91. The van der Waals surface area contributed by atoms with E-state index in [0.29, 0.717) is 0 Å². The molecule has 0 saturated heterocycles. The molecule has 1 atom stereocenters. The molecule has 0 heterocycles. The Balaban J connectivity index is 4.57. The molecular weight excluding hydrogens is 204 g/mol. The highest BCUT2D eigenvalue weighted by Crippen LogP contribution is 2.19. The van der Waals surface area contributed by atoms with Crippen molar-refractivity contribution in [3.8, 4) is 12.1 Å². The van der Waals surface area contributed by atoms with Crippen LogP contribution >= 0.6 is 15.9 Å². The SMILES string of the molecule is C/C=C(\C(C)Br)C(C#N)C#N. The van der Waals surface area contributed by atoms with Crippen LogP contribution in [-0.2, 0) is 0 Å². The van der Waals surface area contributed by atoms with Crippen LogP contribution < -0.4 is 0 Å². The fourth-order valence-electron chi connectivity index (χ4n) is 0.804. The molecule has 1 unspecified atom stereocenters. The Kier molecular flexibility index (Phi) is 4.57. The second-order valence-corrected chi connectivity index (χ2v) is 3.47. The van der Waals surface area contributed by atoms with Gasteiger partial charge in [0, 0.05) is 4.83 Å². The summed E-state index contributed by atoms with van der Waals surface area (Å²) in [6, 6.07) is 3.85. The molecule has 2 nitrogen and oxygen atoms in total. The fraction of sp³-hybridized carbons (Fsp3) is 0.500. The predicted molar refractivity (Wildman–Crippen MR) is 46.9 cm³/mol. The zero-order valence-electron chi connectivity index (χ0n) is 6.50. The van der Waals surface area contributed by atoms with Crippen molar-refractivity contribution in [2.75, 3.05) is 0 Å². The van der Waals surface area contributed by atoms with Crippen LogP contribution in [0.2, 0.25) is 0 Å². The van der Waals surface area contributed by atoms with E-state index in [0.717, 1.165) is 5.57 Å². The second-order valence-electron chi connectivity index (χ2n) is 2.10. The van der Waals surface area contributed by atoms with Crippen LogP contribution in [0.1, 0.15) is 13.8 Å². The van der Waals surface area contributed by atoms with Crippen LogP contribution in [0.3, 0.4) is 0 Å². The van der Waals surface area contributed by atoms with Gasteiger partial charge in [0.2, 0.25) is 0 Å². The van der Waals surface area contributed by atoms with Gasteiger partial charge in [-0.1, -0.05) is 22.0 Å². The molecule has 0 spiro atoms. The number of nitriles is 2. The predicted octanol–water partition coefficient (Wildman–Crippen LogP) is 2.38. The maximum absolute atomic E-state index is 8.54. The molecule has 0 aliphatic heterocycles. The van der Waals surface area contributed by atoms with Crippen LogP contribution in [0.15, 0.2) is 11.6 Å². The number of hydrogen-bond acceptors (Lipinski definition) is 2. The minimum atomic E-state index is -0.616. The minimum absolute atomic E-state index is 0.0943. The van der Waals surface area contributed by atoms with Gasteiger partial charge in [-0.2, -0.15) is 10.5 Å². The van der Waals surface area contributed by atoms with Gasteiger partial charge in [-0.05, 0) is 19.4 Å². The van der Waals surface area contributed by atoms with Gasteiger partial charge >= 0.3 is 0 Å². The molecule has 0 radical (unpaired) electrons. The zero-order valence-corrected chi connectivity index (χ0v) is 8.09. The number of rotatable bonds is 2. The fourth-order valence-corrected chi connectivity index (χ4v) is 1.33. The Morgan fingerprint density at radius 3 is 2.00 bits per heavy atom. The number of halogens is 1. The van der Waals surface area contributed by atoms with Crippen molar-refractivity contribution in [2.24, 2.45) is 5.92 Å². The molecule has 0 saturated carbocycles. The molecule has 0 aromatic heterocycles. The smallest absolute Gasteiger partial charge is 0.155 e. The molecule has 3 heteroatoms. The van der Waals surface area contributed by atoms with E-state index in [9.17, 15) is 0 Å². The van der Waals surface area contributed by atoms with Gasteiger partial charge in [-0.25, -0.2) is 0 Å². The van der Waals surface area contributed by atoms with E-state index >= 15 is 0 Å². The Hall–Kier alpha value is -0.800. The number of allylic oxidation sites excluding steroid dienone is 2. The van der Waals surface area contributed by atoms with Gasteiger partial charge < -0.3 is 0 Å². The average molecular weight is 213 g/mol. The highest BCUT2D eigenvalue weighted by Gasteiger charge is 2.15. The summed E-state index contributed by atoms with van der Waals surface area (Å²) in [5.41, 5.74) is 0.829. The lowest BCUT2D eigenvalue weighted by Gasteiger charge is -2.08. The third-order valence-electron chi connectivity index (χ3n) is 1.38. The van der Waals surface area contributed by atoms with Crippen molar-refractivity contribution >= 4 is 15.9 Å². The first-order chi connectivity index (χ1) is 5.17. The lowest BCUT2D eigenvalue weighted by Crippen LogP contribution is -2.06. The first-order valence-electron chi connectivity index (χ1n) is 3.26. The second kappa shape index (κ2) is 4.93. The molecule has 0 rings (SSSR count). The van der Waals surface area contributed by atoms with E-state index < -0.39 is 5.92 Å². The lowest BCUT2D eigenvalue weighted by atomic mass is 10.00. The number of nitrogens with zero attached hydrogens (tertiary/aromatic N) is 2. The largest absolute Gasteiger partial charge is 0.197 e. The summed E-state index contributed by atoms with van der Waals surface area (Å²) in [7, 11) is 0. The molecule has 0 amide bonds. The maximum atomic E-state index is 8.54. The normalized spacial score (nSPS) is 13.8. The van der Waals surface area contributed by atoms with Crippen LogP contribution in [0.5, 0.6) is 0 Å². The van der Waals surface area contributed by atoms with Crippen molar-refractivity contribution in [1.29, 1.82) is 10.5 Å². The molecule has 0 aliphatic carbocycles. The minimum Gasteiger partial charge on any atom is -0.197 e.